The number of ether oxygens (including phenoxy) is 3. The number of fused-ring (bicyclic) bond motifs is 3. The molecule has 0 aromatic heterocycles. The van der Waals surface area contributed by atoms with E-state index in [1.165, 1.54) is 0 Å². The van der Waals surface area contributed by atoms with Gasteiger partial charge in [-0.2, -0.15) is 5.10 Å². The molecule has 2 atom stereocenters. The Morgan fingerprint density at radius 1 is 0.968 bits per heavy atom. The summed E-state index contributed by atoms with van der Waals surface area (Å²) in [6.07, 6.45) is 0.300. The van der Waals surface area contributed by atoms with Crippen LogP contribution in [-0.2, 0) is 0 Å². The lowest BCUT2D eigenvalue weighted by Gasteiger charge is -2.38. The topological polar surface area (TPSA) is 43.3 Å². The van der Waals surface area contributed by atoms with Crippen molar-refractivity contribution in [3.63, 3.8) is 0 Å². The molecule has 0 bridgehead atoms. The van der Waals surface area contributed by atoms with E-state index in [-0.39, 0.29) is 6.04 Å². The van der Waals surface area contributed by atoms with Crippen molar-refractivity contribution in [2.45, 2.75) is 18.7 Å². The highest BCUT2D eigenvalue weighted by Crippen LogP contribution is 2.48. The van der Waals surface area contributed by atoms with Crippen LogP contribution in [0, 0.1) is 0 Å². The predicted octanol–water partition coefficient (Wildman–Crippen LogP) is 6.25. The number of nitrogens with zero attached hydrogens (tertiary/aromatic N) is 2. The molecule has 31 heavy (non-hydrogen) atoms. The highest BCUT2D eigenvalue weighted by atomic mass is 35.5. The third-order valence-corrected chi connectivity index (χ3v) is 6.18. The molecule has 7 heteroatoms. The van der Waals surface area contributed by atoms with Crippen molar-refractivity contribution in [3.05, 3.63) is 87.4 Å². The lowest BCUT2D eigenvalue weighted by molar-refractivity contribution is -0.0191. The maximum atomic E-state index is 6.49. The smallest absolute Gasteiger partial charge is 0.214 e. The second-order valence-corrected chi connectivity index (χ2v) is 8.24. The maximum absolute atomic E-state index is 6.49. The number of methoxy groups -OCH3 is 2. The van der Waals surface area contributed by atoms with E-state index in [1.54, 1.807) is 20.3 Å². The molecule has 5 rings (SSSR count). The predicted molar refractivity (Wildman–Crippen MR) is 122 cm³/mol. The van der Waals surface area contributed by atoms with E-state index in [0.29, 0.717) is 28.0 Å². The van der Waals surface area contributed by atoms with Gasteiger partial charge in [-0.25, -0.2) is 5.01 Å². The highest BCUT2D eigenvalue weighted by Gasteiger charge is 2.41. The van der Waals surface area contributed by atoms with Gasteiger partial charge in [0.1, 0.15) is 5.75 Å². The Morgan fingerprint density at radius 3 is 2.55 bits per heavy atom. The van der Waals surface area contributed by atoms with Crippen LogP contribution in [0.2, 0.25) is 10.0 Å². The number of hydrazone groups is 1. The van der Waals surface area contributed by atoms with Crippen LogP contribution >= 0.6 is 23.2 Å². The van der Waals surface area contributed by atoms with Crippen LogP contribution in [0.4, 0.5) is 0 Å². The molecule has 3 aromatic rings. The minimum Gasteiger partial charge on any atom is -0.493 e. The lowest BCUT2D eigenvalue weighted by Crippen LogP contribution is -2.33. The standard InChI is InChI=1S/C24H20Cl2N2O3/c1-29-22-10-7-14(11-23(22)30-2)24-28-20(17-5-3-4-6-21(17)31-24)13-19(27-28)16-9-8-15(25)12-18(16)26/h3-12,20,24H,13H2,1-2H3. The minimum atomic E-state index is -0.414. The summed E-state index contributed by atoms with van der Waals surface area (Å²) < 4.78 is 17.3. The van der Waals surface area contributed by atoms with Crippen molar-refractivity contribution in [1.29, 1.82) is 0 Å². The Balaban J connectivity index is 1.60. The molecule has 2 heterocycles. The van der Waals surface area contributed by atoms with Crippen molar-refractivity contribution < 1.29 is 14.2 Å². The number of benzene rings is 3. The van der Waals surface area contributed by atoms with E-state index in [2.05, 4.69) is 6.07 Å². The molecular weight excluding hydrogens is 435 g/mol. The van der Waals surface area contributed by atoms with Gasteiger partial charge in [0.15, 0.2) is 11.5 Å². The zero-order chi connectivity index (χ0) is 21.5. The van der Waals surface area contributed by atoms with Gasteiger partial charge >= 0.3 is 0 Å². The fourth-order valence-electron chi connectivity index (χ4n) is 4.15. The number of halogens is 2. The summed E-state index contributed by atoms with van der Waals surface area (Å²) in [4.78, 5) is 0. The highest BCUT2D eigenvalue weighted by molar-refractivity contribution is 6.37. The van der Waals surface area contributed by atoms with Gasteiger partial charge in [-0.05, 0) is 36.4 Å². The first kappa shape index (κ1) is 20.0. The molecular formula is C24H20Cl2N2O3. The van der Waals surface area contributed by atoms with Gasteiger partial charge in [0.05, 0.1) is 31.0 Å². The van der Waals surface area contributed by atoms with Crippen molar-refractivity contribution >= 4 is 28.9 Å². The quantitative estimate of drug-likeness (QED) is 0.466. The third kappa shape index (κ3) is 3.48. The summed E-state index contributed by atoms with van der Waals surface area (Å²) in [5, 5.41) is 8.14. The SMILES string of the molecule is COc1ccc(C2Oc3ccccc3C3CC(c4ccc(Cl)cc4Cl)=NN32)cc1OC. The van der Waals surface area contributed by atoms with Crippen molar-refractivity contribution in [2.75, 3.05) is 14.2 Å². The average Bonchev–Trinajstić information content (AvgIpc) is 3.23. The normalized spacial score (nSPS) is 19.2. The van der Waals surface area contributed by atoms with Crippen LogP contribution in [0.1, 0.15) is 35.4 Å². The lowest BCUT2D eigenvalue weighted by atomic mass is 9.96. The molecule has 0 spiro atoms. The molecule has 2 aliphatic heterocycles. The van der Waals surface area contributed by atoms with Crippen LogP contribution in [0.25, 0.3) is 0 Å². The monoisotopic (exact) mass is 454 g/mol. The molecule has 2 aliphatic rings. The zero-order valence-electron chi connectivity index (χ0n) is 17.0. The third-order valence-electron chi connectivity index (χ3n) is 5.63. The largest absolute Gasteiger partial charge is 0.493 e. The van der Waals surface area contributed by atoms with Gasteiger partial charge in [-0.3, -0.25) is 0 Å². The van der Waals surface area contributed by atoms with E-state index >= 15 is 0 Å². The Kier molecular flexibility index (Phi) is 5.16. The summed E-state index contributed by atoms with van der Waals surface area (Å²) in [6.45, 7) is 0. The molecule has 3 aromatic carbocycles. The van der Waals surface area contributed by atoms with Gasteiger partial charge in [-0.1, -0.05) is 47.5 Å². The average molecular weight is 455 g/mol. The van der Waals surface area contributed by atoms with E-state index < -0.39 is 6.23 Å². The van der Waals surface area contributed by atoms with Gasteiger partial charge < -0.3 is 14.2 Å². The molecule has 0 radical (unpaired) electrons. The van der Waals surface area contributed by atoms with Crippen LogP contribution in [-0.4, -0.2) is 24.9 Å². The fourth-order valence-corrected chi connectivity index (χ4v) is 4.66. The Hall–Kier alpha value is -2.89. The number of rotatable bonds is 4. The van der Waals surface area contributed by atoms with E-state index in [4.69, 9.17) is 42.5 Å². The van der Waals surface area contributed by atoms with Crippen molar-refractivity contribution in [1.82, 2.24) is 5.01 Å². The maximum Gasteiger partial charge on any atom is 0.214 e. The van der Waals surface area contributed by atoms with Crippen molar-refractivity contribution in [2.24, 2.45) is 5.10 Å². The molecule has 0 amide bonds. The Labute approximate surface area is 190 Å². The first-order chi connectivity index (χ1) is 15.1. The molecule has 0 aliphatic carbocycles. The summed E-state index contributed by atoms with van der Waals surface area (Å²) in [7, 11) is 3.24. The minimum absolute atomic E-state index is 0.0322. The summed E-state index contributed by atoms with van der Waals surface area (Å²) >= 11 is 12.6. The van der Waals surface area contributed by atoms with Crippen LogP contribution in [0.15, 0.2) is 65.8 Å². The van der Waals surface area contributed by atoms with Gasteiger partial charge in [0.2, 0.25) is 6.23 Å². The first-order valence-corrected chi connectivity index (χ1v) is 10.6. The molecule has 0 saturated heterocycles. The molecule has 0 N–H and O–H groups in total. The second-order valence-electron chi connectivity index (χ2n) is 7.39. The van der Waals surface area contributed by atoms with Gasteiger partial charge in [0, 0.05) is 28.1 Å². The molecule has 0 fully saturated rings. The van der Waals surface area contributed by atoms with Crippen LogP contribution in [0.5, 0.6) is 17.2 Å². The first-order valence-electron chi connectivity index (χ1n) is 9.88. The van der Waals surface area contributed by atoms with Gasteiger partial charge in [-0.15, -0.1) is 0 Å². The molecule has 0 saturated carbocycles. The van der Waals surface area contributed by atoms with Gasteiger partial charge in [0.25, 0.3) is 0 Å². The second kappa shape index (κ2) is 7.98. The number of para-hydroxylation sites is 1. The number of hydrogen-bond acceptors (Lipinski definition) is 5. The zero-order valence-corrected chi connectivity index (χ0v) is 18.5. The Morgan fingerprint density at radius 2 is 1.77 bits per heavy atom. The molecule has 158 valence electrons. The van der Waals surface area contributed by atoms with E-state index in [0.717, 1.165) is 28.2 Å². The van der Waals surface area contributed by atoms with E-state index in [9.17, 15) is 0 Å². The molecule has 2 unspecified atom stereocenters. The summed E-state index contributed by atoms with van der Waals surface area (Å²) in [6, 6.07) is 19.4. The van der Waals surface area contributed by atoms with Crippen LogP contribution < -0.4 is 14.2 Å². The molecule has 5 nitrogen and oxygen atoms in total. The fraction of sp³-hybridized carbons (Fsp3) is 0.208. The van der Waals surface area contributed by atoms with E-state index in [1.807, 2.05) is 53.5 Å². The summed E-state index contributed by atoms with van der Waals surface area (Å²) in [5.41, 5.74) is 3.80. The van der Waals surface area contributed by atoms with Crippen molar-refractivity contribution in [3.8, 4) is 17.2 Å². The summed E-state index contributed by atoms with van der Waals surface area (Å²) in [5.74, 6) is 2.16. The van der Waals surface area contributed by atoms with Crippen LogP contribution in [0.3, 0.4) is 0 Å². The Bertz CT molecular complexity index is 1180. The number of hydrogen-bond donors (Lipinski definition) is 0.